The molecule has 0 saturated carbocycles. The second-order valence-electron chi connectivity index (χ2n) is 12.6. The number of pyridine rings is 1. The van der Waals surface area contributed by atoms with Gasteiger partial charge < -0.3 is 0 Å². The van der Waals surface area contributed by atoms with Crippen molar-refractivity contribution in [1.82, 2.24) is 4.98 Å². The zero-order valence-corrected chi connectivity index (χ0v) is 27.4. The molecular weight excluding hydrogens is 611 g/mol. The van der Waals surface area contributed by atoms with E-state index in [2.05, 4.69) is 176 Å². The normalized spacial score (nSPS) is 11.7. The molecule has 8 aromatic carbocycles. The van der Waals surface area contributed by atoms with Crippen molar-refractivity contribution < 1.29 is 0 Å². The number of para-hydroxylation sites is 1. The first kappa shape index (κ1) is 28.0. The van der Waals surface area contributed by atoms with Crippen molar-refractivity contribution in [3.05, 3.63) is 176 Å². The lowest BCUT2D eigenvalue weighted by Gasteiger charge is -2.18. The number of hydrogen-bond acceptors (Lipinski definition) is 2. The second-order valence-corrected chi connectivity index (χ2v) is 13.7. The van der Waals surface area contributed by atoms with Crippen molar-refractivity contribution in [3.8, 4) is 44.5 Å². The summed E-state index contributed by atoms with van der Waals surface area (Å²) in [5.74, 6) is 0. The maximum absolute atomic E-state index is 5.14. The summed E-state index contributed by atoms with van der Waals surface area (Å²) in [7, 11) is 0. The van der Waals surface area contributed by atoms with Crippen molar-refractivity contribution in [2.24, 2.45) is 0 Å². The standard InChI is InChI=1S/C47H29NS/c1-3-13-31(14-4-1)43-35-17-7-8-18-36(35)44(32-15-5-2-6-16-32)40-29-34(27-28-37(40)43)30-23-25-33(26-24-30)45-38-19-9-11-21-41(38)48-46-39-20-10-12-22-42(39)49-47(45)46/h1-29H. The third-order valence-electron chi connectivity index (χ3n) is 9.86. The smallest absolute Gasteiger partial charge is 0.0902 e. The SMILES string of the molecule is c1ccc(-c2c3ccccc3c(-c3ccccc3)c3cc(-c4ccc(-c5c6ccccc6nc6c5sc5ccccc56)cc4)ccc23)cc1. The Balaban J connectivity index is 1.19. The minimum absolute atomic E-state index is 1.03. The van der Waals surface area contributed by atoms with Gasteiger partial charge in [-0.15, -0.1) is 11.3 Å². The molecule has 2 heterocycles. The maximum Gasteiger partial charge on any atom is 0.0902 e. The summed E-state index contributed by atoms with van der Waals surface area (Å²) in [4.78, 5) is 5.14. The molecule has 0 aliphatic carbocycles. The van der Waals surface area contributed by atoms with Crippen LogP contribution in [-0.2, 0) is 0 Å². The second kappa shape index (κ2) is 11.3. The van der Waals surface area contributed by atoms with Crippen LogP contribution in [0.4, 0.5) is 0 Å². The predicted octanol–water partition coefficient (Wildman–Crippen LogP) is 13.6. The Morgan fingerprint density at radius 3 is 1.51 bits per heavy atom. The van der Waals surface area contributed by atoms with E-state index < -0.39 is 0 Å². The van der Waals surface area contributed by atoms with Crippen LogP contribution in [0, 0.1) is 0 Å². The molecule has 49 heavy (non-hydrogen) atoms. The molecule has 0 amide bonds. The molecule has 0 unspecified atom stereocenters. The monoisotopic (exact) mass is 639 g/mol. The Kier molecular flexibility index (Phi) is 6.43. The molecular formula is C47H29NS. The van der Waals surface area contributed by atoms with Gasteiger partial charge in [0.05, 0.1) is 15.7 Å². The Labute approximate surface area is 288 Å². The fourth-order valence-electron chi connectivity index (χ4n) is 7.64. The number of fused-ring (bicyclic) bond motifs is 6. The van der Waals surface area contributed by atoms with Crippen LogP contribution in [0.5, 0.6) is 0 Å². The van der Waals surface area contributed by atoms with Crippen LogP contribution in [0.3, 0.4) is 0 Å². The molecule has 2 aromatic heterocycles. The Bertz CT molecular complexity index is 2850. The summed E-state index contributed by atoms with van der Waals surface area (Å²) in [5.41, 5.74) is 12.0. The van der Waals surface area contributed by atoms with Gasteiger partial charge in [-0.3, -0.25) is 0 Å². The van der Waals surface area contributed by atoms with Crippen LogP contribution < -0.4 is 0 Å². The summed E-state index contributed by atoms with van der Waals surface area (Å²) in [6.07, 6.45) is 0. The molecule has 10 aromatic rings. The van der Waals surface area contributed by atoms with Gasteiger partial charge in [-0.25, -0.2) is 4.98 Å². The van der Waals surface area contributed by atoms with Crippen molar-refractivity contribution in [2.45, 2.75) is 0 Å². The number of nitrogens with zero attached hydrogens (tertiary/aromatic N) is 1. The average Bonchev–Trinajstić information content (AvgIpc) is 3.54. The van der Waals surface area contributed by atoms with Crippen LogP contribution in [0.1, 0.15) is 0 Å². The molecule has 0 radical (unpaired) electrons. The Morgan fingerprint density at radius 2 is 0.816 bits per heavy atom. The van der Waals surface area contributed by atoms with Crippen molar-refractivity contribution in [2.75, 3.05) is 0 Å². The van der Waals surface area contributed by atoms with Crippen LogP contribution in [0.2, 0.25) is 0 Å². The van der Waals surface area contributed by atoms with Gasteiger partial charge in [-0.05, 0) is 78.7 Å². The predicted molar refractivity (Wildman–Crippen MR) is 211 cm³/mol. The first-order chi connectivity index (χ1) is 24.3. The number of benzene rings is 8. The third-order valence-corrected chi connectivity index (χ3v) is 11.0. The van der Waals surface area contributed by atoms with E-state index in [-0.39, 0.29) is 0 Å². The zero-order valence-electron chi connectivity index (χ0n) is 26.6. The van der Waals surface area contributed by atoms with Crippen LogP contribution in [0.25, 0.3) is 97.3 Å². The molecule has 0 fully saturated rings. The molecule has 0 bridgehead atoms. The highest BCUT2D eigenvalue weighted by Gasteiger charge is 2.19. The highest BCUT2D eigenvalue weighted by molar-refractivity contribution is 7.26. The minimum atomic E-state index is 1.03. The van der Waals surface area contributed by atoms with E-state index in [1.165, 1.54) is 86.2 Å². The Hall–Kier alpha value is -6.09. The molecule has 0 spiro atoms. The lowest BCUT2D eigenvalue weighted by atomic mass is 9.85. The average molecular weight is 640 g/mol. The molecule has 228 valence electrons. The molecule has 0 N–H and O–H groups in total. The summed E-state index contributed by atoms with van der Waals surface area (Å²) in [5, 5.41) is 7.47. The van der Waals surface area contributed by atoms with E-state index in [9.17, 15) is 0 Å². The number of thiophene rings is 1. The van der Waals surface area contributed by atoms with E-state index in [0.717, 1.165) is 11.0 Å². The van der Waals surface area contributed by atoms with Gasteiger partial charge in [0.1, 0.15) is 0 Å². The van der Waals surface area contributed by atoms with Crippen LogP contribution in [-0.4, -0.2) is 4.98 Å². The lowest BCUT2D eigenvalue weighted by Crippen LogP contribution is -1.91. The topological polar surface area (TPSA) is 12.9 Å². The summed E-state index contributed by atoms with van der Waals surface area (Å²) in [6, 6.07) is 63.9. The third kappa shape index (κ3) is 4.49. The minimum Gasteiger partial charge on any atom is -0.246 e. The molecule has 0 saturated heterocycles. The molecule has 0 aliphatic heterocycles. The first-order valence-electron chi connectivity index (χ1n) is 16.7. The van der Waals surface area contributed by atoms with E-state index in [0.29, 0.717) is 0 Å². The van der Waals surface area contributed by atoms with Crippen molar-refractivity contribution >= 4 is 64.1 Å². The van der Waals surface area contributed by atoms with E-state index in [4.69, 9.17) is 4.98 Å². The van der Waals surface area contributed by atoms with Crippen molar-refractivity contribution in [3.63, 3.8) is 0 Å². The van der Waals surface area contributed by atoms with E-state index in [1.54, 1.807) is 0 Å². The van der Waals surface area contributed by atoms with Gasteiger partial charge >= 0.3 is 0 Å². The van der Waals surface area contributed by atoms with Crippen LogP contribution in [0.15, 0.2) is 176 Å². The van der Waals surface area contributed by atoms with Gasteiger partial charge in [0.2, 0.25) is 0 Å². The highest BCUT2D eigenvalue weighted by Crippen LogP contribution is 2.46. The number of hydrogen-bond donors (Lipinski definition) is 0. The molecule has 10 rings (SSSR count). The van der Waals surface area contributed by atoms with Crippen LogP contribution >= 0.6 is 11.3 Å². The van der Waals surface area contributed by atoms with Crippen molar-refractivity contribution in [1.29, 1.82) is 0 Å². The highest BCUT2D eigenvalue weighted by atomic mass is 32.1. The quantitative estimate of drug-likeness (QED) is 0.175. The van der Waals surface area contributed by atoms with Gasteiger partial charge in [-0.1, -0.05) is 158 Å². The number of rotatable bonds is 4. The number of aromatic nitrogens is 1. The van der Waals surface area contributed by atoms with Gasteiger partial charge in [0.15, 0.2) is 0 Å². The van der Waals surface area contributed by atoms with E-state index >= 15 is 0 Å². The molecule has 1 nitrogen and oxygen atoms in total. The van der Waals surface area contributed by atoms with Gasteiger partial charge in [0, 0.05) is 21.0 Å². The Morgan fingerprint density at radius 1 is 0.327 bits per heavy atom. The largest absolute Gasteiger partial charge is 0.246 e. The summed E-state index contributed by atoms with van der Waals surface area (Å²) < 4.78 is 2.51. The fraction of sp³-hybridized carbons (Fsp3) is 0. The van der Waals surface area contributed by atoms with Gasteiger partial charge in [0.25, 0.3) is 0 Å². The zero-order chi connectivity index (χ0) is 32.3. The molecule has 2 heteroatoms. The fourth-order valence-corrected chi connectivity index (χ4v) is 8.87. The lowest BCUT2D eigenvalue weighted by molar-refractivity contribution is 1.52. The first-order valence-corrected chi connectivity index (χ1v) is 17.5. The van der Waals surface area contributed by atoms with Gasteiger partial charge in [-0.2, -0.15) is 0 Å². The molecule has 0 aliphatic rings. The van der Waals surface area contributed by atoms with E-state index in [1.807, 2.05) is 11.3 Å². The maximum atomic E-state index is 5.14. The molecule has 0 atom stereocenters. The summed E-state index contributed by atoms with van der Waals surface area (Å²) >= 11 is 1.84. The summed E-state index contributed by atoms with van der Waals surface area (Å²) in [6.45, 7) is 0.